The zero-order chi connectivity index (χ0) is 13.3. The molecule has 2 heteroatoms. The molecule has 0 aromatic heterocycles. The molecule has 1 aliphatic carbocycles. The van der Waals surface area contributed by atoms with E-state index in [0.29, 0.717) is 5.92 Å². The molecule has 0 heterocycles. The maximum atomic E-state index is 11.7. The number of hydrogen-bond acceptors (Lipinski definition) is 1. The van der Waals surface area contributed by atoms with Gasteiger partial charge in [-0.1, -0.05) is 59.8 Å². The lowest BCUT2D eigenvalue weighted by molar-refractivity contribution is -0.130. The molecule has 0 spiro atoms. The highest BCUT2D eigenvalue weighted by Crippen LogP contribution is 2.42. The van der Waals surface area contributed by atoms with Crippen LogP contribution in [0.25, 0.3) is 0 Å². The maximum Gasteiger partial charge on any atom is 0.223 e. The average molecular weight is 241 g/mol. The van der Waals surface area contributed by atoms with E-state index in [0.717, 1.165) is 19.3 Å². The van der Waals surface area contributed by atoms with Crippen LogP contribution in [0.1, 0.15) is 79.1 Å². The molecular formula is C15H31NO. The first-order chi connectivity index (χ1) is 8.14. The van der Waals surface area contributed by atoms with Crippen LogP contribution >= 0.6 is 0 Å². The fourth-order valence-corrected chi connectivity index (χ4v) is 2.91. The molecule has 0 radical (unpaired) electrons. The summed E-state index contributed by atoms with van der Waals surface area (Å²) in [5.74, 6) is 0.629. The van der Waals surface area contributed by atoms with E-state index in [2.05, 4.69) is 13.8 Å². The Bertz CT molecular complexity index is 203. The standard InChI is InChI=1S/C13H25NO.C2H6/c1-3-11(4-2)10-13(12(14)15)8-6-5-7-9-13;1-2/h11H,3-10H2,1-2H3,(H2,14,15);1-2H3. The molecule has 0 bridgehead atoms. The Balaban J connectivity index is 0.00000121. The normalized spacial score (nSPS) is 18.4. The van der Waals surface area contributed by atoms with Crippen LogP contribution in [-0.4, -0.2) is 5.91 Å². The summed E-state index contributed by atoms with van der Waals surface area (Å²) in [5, 5.41) is 0. The van der Waals surface area contributed by atoms with Crippen LogP contribution in [0.4, 0.5) is 0 Å². The van der Waals surface area contributed by atoms with E-state index in [1.807, 2.05) is 13.8 Å². The van der Waals surface area contributed by atoms with Gasteiger partial charge in [0.2, 0.25) is 5.91 Å². The lowest BCUT2D eigenvalue weighted by Crippen LogP contribution is -2.40. The first kappa shape index (κ1) is 16.5. The van der Waals surface area contributed by atoms with Gasteiger partial charge in [-0.15, -0.1) is 0 Å². The minimum atomic E-state index is -0.158. The zero-order valence-electron chi connectivity index (χ0n) is 12.2. The molecule has 0 atom stereocenters. The van der Waals surface area contributed by atoms with Gasteiger partial charge in [0, 0.05) is 5.41 Å². The lowest BCUT2D eigenvalue weighted by atomic mass is 9.68. The van der Waals surface area contributed by atoms with Crippen molar-refractivity contribution in [1.29, 1.82) is 0 Å². The van der Waals surface area contributed by atoms with Crippen molar-refractivity contribution in [2.75, 3.05) is 0 Å². The van der Waals surface area contributed by atoms with Gasteiger partial charge in [-0.3, -0.25) is 4.79 Å². The molecule has 0 aliphatic heterocycles. The second-order valence-electron chi connectivity index (χ2n) is 5.09. The van der Waals surface area contributed by atoms with Crippen LogP contribution in [-0.2, 0) is 4.79 Å². The number of amides is 1. The van der Waals surface area contributed by atoms with Crippen molar-refractivity contribution in [2.24, 2.45) is 17.1 Å². The Morgan fingerprint density at radius 3 is 1.94 bits per heavy atom. The minimum Gasteiger partial charge on any atom is -0.369 e. The van der Waals surface area contributed by atoms with Gasteiger partial charge in [0.05, 0.1) is 0 Å². The summed E-state index contributed by atoms with van der Waals surface area (Å²) in [6.07, 6.45) is 9.06. The minimum absolute atomic E-state index is 0.0471. The first-order valence-electron chi connectivity index (χ1n) is 7.44. The van der Waals surface area contributed by atoms with Crippen LogP contribution in [0.5, 0.6) is 0 Å². The van der Waals surface area contributed by atoms with Crippen molar-refractivity contribution < 1.29 is 4.79 Å². The summed E-state index contributed by atoms with van der Waals surface area (Å²) in [7, 11) is 0. The van der Waals surface area contributed by atoms with E-state index in [4.69, 9.17) is 5.73 Å². The van der Waals surface area contributed by atoms with E-state index in [9.17, 15) is 4.79 Å². The van der Waals surface area contributed by atoms with Crippen LogP contribution in [0, 0.1) is 11.3 Å². The molecule has 102 valence electrons. The Labute approximate surface area is 107 Å². The van der Waals surface area contributed by atoms with Crippen LogP contribution in [0.2, 0.25) is 0 Å². The largest absolute Gasteiger partial charge is 0.369 e. The number of rotatable bonds is 5. The van der Waals surface area contributed by atoms with Gasteiger partial charge in [-0.2, -0.15) is 0 Å². The molecule has 1 rings (SSSR count). The lowest BCUT2D eigenvalue weighted by Gasteiger charge is -2.36. The van der Waals surface area contributed by atoms with E-state index in [1.54, 1.807) is 0 Å². The van der Waals surface area contributed by atoms with Crippen molar-refractivity contribution in [3.05, 3.63) is 0 Å². The molecule has 0 aromatic carbocycles. The molecule has 17 heavy (non-hydrogen) atoms. The third-order valence-corrected chi connectivity index (χ3v) is 4.17. The molecule has 0 saturated heterocycles. The molecule has 1 aliphatic rings. The van der Waals surface area contributed by atoms with Crippen molar-refractivity contribution in [1.82, 2.24) is 0 Å². The van der Waals surface area contributed by atoms with Gasteiger partial charge in [-0.05, 0) is 25.2 Å². The van der Waals surface area contributed by atoms with Crippen molar-refractivity contribution in [3.8, 4) is 0 Å². The molecule has 1 fully saturated rings. The first-order valence-corrected chi connectivity index (χ1v) is 7.44. The number of primary amides is 1. The summed E-state index contributed by atoms with van der Waals surface area (Å²) in [4.78, 5) is 11.7. The number of carbonyl (C=O) groups is 1. The highest BCUT2D eigenvalue weighted by atomic mass is 16.1. The number of hydrogen-bond donors (Lipinski definition) is 1. The average Bonchev–Trinajstić information content (AvgIpc) is 2.39. The second-order valence-corrected chi connectivity index (χ2v) is 5.09. The van der Waals surface area contributed by atoms with Crippen molar-refractivity contribution >= 4 is 5.91 Å². The van der Waals surface area contributed by atoms with Crippen molar-refractivity contribution in [3.63, 3.8) is 0 Å². The third-order valence-electron chi connectivity index (χ3n) is 4.17. The van der Waals surface area contributed by atoms with E-state index in [1.165, 1.54) is 32.1 Å². The summed E-state index contributed by atoms with van der Waals surface area (Å²) in [6.45, 7) is 8.43. The summed E-state index contributed by atoms with van der Waals surface area (Å²) in [6, 6.07) is 0. The quantitative estimate of drug-likeness (QED) is 0.767. The number of nitrogens with two attached hydrogens (primary N) is 1. The Morgan fingerprint density at radius 1 is 1.12 bits per heavy atom. The van der Waals surface area contributed by atoms with E-state index in [-0.39, 0.29) is 11.3 Å². The molecule has 1 saturated carbocycles. The number of carbonyl (C=O) groups excluding carboxylic acids is 1. The van der Waals surface area contributed by atoms with Crippen LogP contribution in [0.15, 0.2) is 0 Å². The predicted octanol–water partition coefficient (Wildman–Crippen LogP) is 4.27. The highest BCUT2D eigenvalue weighted by Gasteiger charge is 2.38. The van der Waals surface area contributed by atoms with Crippen molar-refractivity contribution in [2.45, 2.75) is 79.1 Å². The van der Waals surface area contributed by atoms with Crippen LogP contribution in [0.3, 0.4) is 0 Å². The van der Waals surface area contributed by atoms with Gasteiger partial charge in [0.25, 0.3) is 0 Å². The van der Waals surface area contributed by atoms with Gasteiger partial charge < -0.3 is 5.73 Å². The summed E-state index contributed by atoms with van der Waals surface area (Å²) in [5.41, 5.74) is 5.46. The fraction of sp³-hybridized carbons (Fsp3) is 0.933. The SMILES string of the molecule is CC.CCC(CC)CC1(C(N)=O)CCCCC1. The molecule has 0 aromatic rings. The Kier molecular flexibility index (Phi) is 8.28. The Morgan fingerprint density at radius 2 is 1.59 bits per heavy atom. The monoisotopic (exact) mass is 241 g/mol. The van der Waals surface area contributed by atoms with Gasteiger partial charge >= 0.3 is 0 Å². The second kappa shape index (κ2) is 8.54. The summed E-state index contributed by atoms with van der Waals surface area (Å²) < 4.78 is 0. The smallest absolute Gasteiger partial charge is 0.223 e. The topological polar surface area (TPSA) is 43.1 Å². The molecule has 0 unspecified atom stereocenters. The predicted molar refractivity (Wildman–Crippen MR) is 74.7 cm³/mol. The van der Waals surface area contributed by atoms with Gasteiger partial charge in [-0.25, -0.2) is 0 Å². The van der Waals surface area contributed by atoms with Gasteiger partial charge in [0.1, 0.15) is 0 Å². The van der Waals surface area contributed by atoms with E-state index >= 15 is 0 Å². The molecule has 1 amide bonds. The molecule has 2 nitrogen and oxygen atoms in total. The fourth-order valence-electron chi connectivity index (χ4n) is 2.91. The van der Waals surface area contributed by atoms with Gasteiger partial charge in [0.15, 0.2) is 0 Å². The zero-order valence-corrected chi connectivity index (χ0v) is 12.2. The molecular weight excluding hydrogens is 210 g/mol. The summed E-state index contributed by atoms with van der Waals surface area (Å²) >= 11 is 0. The third kappa shape index (κ3) is 4.69. The van der Waals surface area contributed by atoms with Crippen LogP contribution < -0.4 is 5.73 Å². The Hall–Kier alpha value is -0.530. The molecule has 2 N–H and O–H groups in total. The maximum absolute atomic E-state index is 11.7. The van der Waals surface area contributed by atoms with E-state index < -0.39 is 0 Å². The highest BCUT2D eigenvalue weighted by molar-refractivity contribution is 5.80.